The van der Waals surface area contributed by atoms with Gasteiger partial charge < -0.3 is 10.2 Å². The summed E-state index contributed by atoms with van der Waals surface area (Å²) in [6.07, 6.45) is -0.822. The Labute approximate surface area is 155 Å². The van der Waals surface area contributed by atoms with Crippen molar-refractivity contribution in [1.82, 2.24) is 0 Å². The second-order valence-corrected chi connectivity index (χ2v) is 6.07. The zero-order valence-corrected chi connectivity index (χ0v) is 14.9. The highest BCUT2D eigenvalue weighted by Crippen LogP contribution is 2.25. The number of hydrogen-bond acceptors (Lipinski definition) is 4. The van der Waals surface area contributed by atoms with Crippen LogP contribution in [0.3, 0.4) is 0 Å². The molecule has 2 aromatic rings. The minimum Gasteiger partial charge on any atom is -0.481 e. The molecule has 0 saturated heterocycles. The predicted molar refractivity (Wildman–Crippen MR) is 98.0 cm³/mol. The Morgan fingerprint density at radius 2 is 1.52 bits per heavy atom. The SMILES string of the molecule is Cc1ccc(N(C(=O)CCC(=O)O)C(=O)c2ccccc2C(=O)O)c(C)c1. The fourth-order valence-electron chi connectivity index (χ4n) is 2.72. The second-order valence-electron chi connectivity index (χ2n) is 6.07. The molecule has 0 radical (unpaired) electrons. The van der Waals surface area contributed by atoms with Crippen molar-refractivity contribution in [2.45, 2.75) is 26.7 Å². The summed E-state index contributed by atoms with van der Waals surface area (Å²) in [4.78, 5) is 48.9. The summed E-state index contributed by atoms with van der Waals surface area (Å²) in [5.41, 5.74) is 1.48. The van der Waals surface area contributed by atoms with Gasteiger partial charge in [0.2, 0.25) is 5.91 Å². The van der Waals surface area contributed by atoms with Crippen LogP contribution in [0, 0.1) is 13.8 Å². The van der Waals surface area contributed by atoms with Crippen molar-refractivity contribution >= 4 is 29.4 Å². The topological polar surface area (TPSA) is 112 Å². The summed E-state index contributed by atoms with van der Waals surface area (Å²) in [6, 6.07) is 10.7. The van der Waals surface area contributed by atoms with Gasteiger partial charge in [0, 0.05) is 6.42 Å². The molecular weight excluding hydrogens is 350 g/mol. The first-order valence-corrected chi connectivity index (χ1v) is 8.21. The van der Waals surface area contributed by atoms with Crippen LogP contribution >= 0.6 is 0 Å². The van der Waals surface area contributed by atoms with E-state index in [1.54, 1.807) is 25.1 Å². The molecule has 0 aliphatic heterocycles. The lowest BCUT2D eigenvalue weighted by Crippen LogP contribution is -2.38. The molecule has 27 heavy (non-hydrogen) atoms. The van der Waals surface area contributed by atoms with Crippen LogP contribution in [0.25, 0.3) is 0 Å². The number of nitrogens with zero attached hydrogens (tertiary/aromatic N) is 1. The second kappa shape index (κ2) is 8.27. The van der Waals surface area contributed by atoms with E-state index < -0.39 is 30.2 Å². The van der Waals surface area contributed by atoms with E-state index in [1.807, 2.05) is 6.92 Å². The maximum Gasteiger partial charge on any atom is 0.336 e. The molecule has 0 unspecified atom stereocenters. The van der Waals surface area contributed by atoms with Crippen molar-refractivity contribution < 1.29 is 29.4 Å². The van der Waals surface area contributed by atoms with Crippen molar-refractivity contribution in [2.24, 2.45) is 0 Å². The maximum atomic E-state index is 13.1. The third-order valence-electron chi connectivity index (χ3n) is 3.99. The number of rotatable bonds is 6. The van der Waals surface area contributed by atoms with E-state index in [2.05, 4.69) is 0 Å². The van der Waals surface area contributed by atoms with Crippen LogP contribution in [0.2, 0.25) is 0 Å². The number of carboxylic acid groups (broad SMARTS) is 2. The molecule has 140 valence electrons. The summed E-state index contributed by atoms with van der Waals surface area (Å²) in [5, 5.41) is 18.2. The number of carboxylic acids is 2. The van der Waals surface area contributed by atoms with Crippen LogP contribution in [-0.2, 0) is 9.59 Å². The summed E-state index contributed by atoms with van der Waals surface area (Å²) in [6.45, 7) is 3.57. The van der Waals surface area contributed by atoms with Gasteiger partial charge in [-0.25, -0.2) is 9.69 Å². The van der Waals surface area contributed by atoms with E-state index in [9.17, 15) is 24.3 Å². The lowest BCUT2D eigenvalue weighted by Gasteiger charge is -2.23. The third kappa shape index (κ3) is 4.58. The number of aliphatic carboxylic acids is 1. The molecule has 0 atom stereocenters. The first kappa shape index (κ1) is 19.8. The van der Waals surface area contributed by atoms with Gasteiger partial charge in [-0.2, -0.15) is 0 Å². The van der Waals surface area contributed by atoms with Gasteiger partial charge in [0.15, 0.2) is 0 Å². The number of amides is 2. The Hall–Kier alpha value is -3.48. The van der Waals surface area contributed by atoms with Crippen molar-refractivity contribution in [2.75, 3.05) is 4.90 Å². The van der Waals surface area contributed by atoms with Gasteiger partial charge in [-0.15, -0.1) is 0 Å². The Bertz CT molecular complexity index is 918. The molecule has 0 fully saturated rings. The van der Waals surface area contributed by atoms with Crippen LogP contribution in [0.1, 0.15) is 44.7 Å². The van der Waals surface area contributed by atoms with Gasteiger partial charge in [-0.05, 0) is 37.6 Å². The van der Waals surface area contributed by atoms with Crippen LogP contribution < -0.4 is 4.90 Å². The fourth-order valence-corrected chi connectivity index (χ4v) is 2.72. The Morgan fingerprint density at radius 3 is 2.07 bits per heavy atom. The lowest BCUT2D eigenvalue weighted by molar-refractivity contribution is -0.138. The first-order chi connectivity index (χ1) is 12.7. The zero-order chi connectivity index (χ0) is 20.1. The Balaban J connectivity index is 2.55. The molecule has 0 heterocycles. The van der Waals surface area contributed by atoms with E-state index in [4.69, 9.17) is 5.11 Å². The van der Waals surface area contributed by atoms with Crippen molar-refractivity contribution in [3.8, 4) is 0 Å². The van der Waals surface area contributed by atoms with Gasteiger partial charge in [0.05, 0.1) is 23.2 Å². The molecular formula is C20H19NO6. The molecule has 0 saturated carbocycles. The number of imide groups is 1. The summed E-state index contributed by atoms with van der Waals surface area (Å²) >= 11 is 0. The van der Waals surface area contributed by atoms with Crippen molar-refractivity contribution in [1.29, 1.82) is 0 Å². The van der Waals surface area contributed by atoms with Gasteiger partial charge in [-0.3, -0.25) is 14.4 Å². The smallest absolute Gasteiger partial charge is 0.336 e. The largest absolute Gasteiger partial charge is 0.481 e. The fraction of sp³-hybridized carbons (Fsp3) is 0.200. The molecule has 7 heteroatoms. The normalized spacial score (nSPS) is 10.3. The molecule has 0 aliphatic carbocycles. The highest BCUT2D eigenvalue weighted by Gasteiger charge is 2.29. The van der Waals surface area contributed by atoms with E-state index in [0.29, 0.717) is 11.3 Å². The van der Waals surface area contributed by atoms with Gasteiger partial charge in [0.25, 0.3) is 5.91 Å². The van der Waals surface area contributed by atoms with E-state index >= 15 is 0 Å². The average molecular weight is 369 g/mol. The number of carbonyl (C=O) groups excluding carboxylic acids is 2. The minimum absolute atomic E-state index is 0.145. The highest BCUT2D eigenvalue weighted by atomic mass is 16.4. The number of carbonyl (C=O) groups is 4. The molecule has 2 aromatic carbocycles. The van der Waals surface area contributed by atoms with Gasteiger partial charge >= 0.3 is 11.9 Å². The van der Waals surface area contributed by atoms with Crippen LogP contribution in [0.15, 0.2) is 42.5 Å². The Kier molecular flexibility index (Phi) is 6.07. The summed E-state index contributed by atoms with van der Waals surface area (Å²) < 4.78 is 0. The third-order valence-corrected chi connectivity index (χ3v) is 3.99. The van der Waals surface area contributed by atoms with Crippen LogP contribution in [0.5, 0.6) is 0 Å². The summed E-state index contributed by atoms with van der Waals surface area (Å²) in [5.74, 6) is -3.98. The molecule has 2 amide bonds. The van der Waals surface area contributed by atoms with E-state index in [1.165, 1.54) is 24.3 Å². The highest BCUT2D eigenvalue weighted by molar-refractivity contribution is 6.23. The molecule has 0 spiro atoms. The molecule has 7 nitrogen and oxygen atoms in total. The number of aryl methyl sites for hydroxylation is 2. The molecule has 2 rings (SSSR count). The van der Waals surface area contributed by atoms with Crippen LogP contribution in [0.4, 0.5) is 5.69 Å². The van der Waals surface area contributed by atoms with E-state index in [-0.39, 0.29) is 17.5 Å². The number of benzene rings is 2. The number of hydrogen-bond donors (Lipinski definition) is 2. The maximum absolute atomic E-state index is 13.1. The predicted octanol–water partition coefficient (Wildman–Crippen LogP) is 3.04. The standard InChI is InChI=1S/C20H19NO6/c1-12-7-8-16(13(2)11-12)21(17(22)9-10-18(23)24)19(25)14-5-3-4-6-15(14)20(26)27/h3-8,11H,9-10H2,1-2H3,(H,23,24)(H,26,27). The number of aromatic carboxylic acids is 1. The summed E-state index contributed by atoms with van der Waals surface area (Å²) in [7, 11) is 0. The van der Waals surface area contributed by atoms with Crippen molar-refractivity contribution in [3.63, 3.8) is 0 Å². The minimum atomic E-state index is -1.29. The monoisotopic (exact) mass is 369 g/mol. The lowest BCUT2D eigenvalue weighted by atomic mass is 10.0. The molecule has 0 bridgehead atoms. The number of anilines is 1. The van der Waals surface area contributed by atoms with E-state index in [0.717, 1.165) is 10.5 Å². The molecule has 0 aromatic heterocycles. The average Bonchev–Trinajstić information content (AvgIpc) is 2.61. The zero-order valence-electron chi connectivity index (χ0n) is 14.9. The van der Waals surface area contributed by atoms with Gasteiger partial charge in [0.1, 0.15) is 0 Å². The van der Waals surface area contributed by atoms with Crippen molar-refractivity contribution in [3.05, 3.63) is 64.7 Å². The van der Waals surface area contributed by atoms with Crippen LogP contribution in [-0.4, -0.2) is 34.0 Å². The Morgan fingerprint density at radius 1 is 0.889 bits per heavy atom. The van der Waals surface area contributed by atoms with Gasteiger partial charge in [-0.1, -0.05) is 29.8 Å². The molecule has 0 aliphatic rings. The first-order valence-electron chi connectivity index (χ1n) is 8.21. The molecule has 2 N–H and O–H groups in total. The quantitative estimate of drug-likeness (QED) is 0.809.